The van der Waals surface area contributed by atoms with Gasteiger partial charge in [-0.2, -0.15) is 5.26 Å². The number of hydrogen-bond acceptors (Lipinski definition) is 7. The lowest BCUT2D eigenvalue weighted by Crippen LogP contribution is -2.37. The van der Waals surface area contributed by atoms with Gasteiger partial charge in [0, 0.05) is 23.4 Å². The van der Waals surface area contributed by atoms with E-state index in [1.807, 2.05) is 48.5 Å². The van der Waals surface area contributed by atoms with Gasteiger partial charge in [0.2, 0.25) is 15.9 Å². The van der Waals surface area contributed by atoms with Gasteiger partial charge in [-0.1, -0.05) is 73.9 Å². The van der Waals surface area contributed by atoms with Gasteiger partial charge in [-0.05, 0) is 80.5 Å². The maximum absolute atomic E-state index is 14.8. The van der Waals surface area contributed by atoms with Crippen LogP contribution in [0.2, 0.25) is 0 Å². The molecule has 0 bridgehead atoms. The number of hydrogen-bond donors (Lipinski definition) is 2. The number of amides is 1. The smallest absolute Gasteiger partial charge is 0.338 e. The number of nitriles is 1. The number of sulfonamides is 1. The number of benzene rings is 4. The summed E-state index contributed by atoms with van der Waals surface area (Å²) in [4.78, 5) is 28.1. The van der Waals surface area contributed by atoms with Crippen LogP contribution in [-0.4, -0.2) is 32.1 Å². The van der Waals surface area contributed by atoms with Gasteiger partial charge in [0.1, 0.15) is 24.2 Å². The molecule has 0 aromatic heterocycles. The van der Waals surface area contributed by atoms with Crippen molar-refractivity contribution in [2.75, 3.05) is 20.7 Å². The van der Waals surface area contributed by atoms with E-state index in [9.17, 15) is 27.7 Å². The van der Waals surface area contributed by atoms with E-state index in [1.165, 1.54) is 48.8 Å². The lowest BCUT2D eigenvalue weighted by molar-refractivity contribution is -0.116. The lowest BCUT2D eigenvalue weighted by Gasteiger charge is -2.25. The molecule has 266 valence electrons. The summed E-state index contributed by atoms with van der Waals surface area (Å²) in [6.45, 7) is 5.21. The molecule has 51 heavy (non-hydrogen) atoms. The molecule has 0 spiro atoms. The Hall–Kier alpha value is -5.21. The molecule has 9 nitrogen and oxygen atoms in total. The maximum Gasteiger partial charge on any atom is 0.338 e. The summed E-state index contributed by atoms with van der Waals surface area (Å²) in [5.41, 5.74) is 3.53. The van der Waals surface area contributed by atoms with Crippen LogP contribution in [-0.2, 0) is 32.7 Å². The minimum Gasteiger partial charge on any atom is -0.457 e. The van der Waals surface area contributed by atoms with Crippen molar-refractivity contribution in [3.8, 4) is 6.07 Å². The monoisotopic (exact) mass is 710 g/mol. The highest BCUT2D eigenvalue weighted by atomic mass is 32.2. The van der Waals surface area contributed by atoms with Crippen LogP contribution in [0.4, 0.5) is 21.5 Å². The molecule has 4 aromatic carbocycles. The van der Waals surface area contributed by atoms with Gasteiger partial charge in [0.25, 0.3) is 0 Å². The quantitative estimate of drug-likeness (QED) is 0.134. The van der Waals surface area contributed by atoms with Crippen molar-refractivity contribution < 1.29 is 27.1 Å². The van der Waals surface area contributed by atoms with E-state index in [2.05, 4.69) is 22.2 Å². The molecule has 0 saturated heterocycles. The van der Waals surface area contributed by atoms with Crippen LogP contribution in [0.1, 0.15) is 90.0 Å². The average Bonchev–Trinajstić information content (AvgIpc) is 3.12. The molecule has 1 amide bonds. The van der Waals surface area contributed by atoms with Crippen LogP contribution in [0.15, 0.2) is 84.9 Å². The van der Waals surface area contributed by atoms with Crippen molar-refractivity contribution >= 4 is 39.0 Å². The van der Waals surface area contributed by atoms with Crippen molar-refractivity contribution in [2.45, 2.75) is 78.0 Å². The molecule has 11 heteroatoms. The van der Waals surface area contributed by atoms with Gasteiger partial charge in [-0.15, -0.1) is 0 Å². The predicted molar refractivity (Wildman–Crippen MR) is 197 cm³/mol. The van der Waals surface area contributed by atoms with Gasteiger partial charge >= 0.3 is 5.97 Å². The van der Waals surface area contributed by atoms with E-state index in [0.717, 1.165) is 30.0 Å². The summed E-state index contributed by atoms with van der Waals surface area (Å²) in [6.07, 6.45) is 5.94. The van der Waals surface area contributed by atoms with Crippen LogP contribution in [0.3, 0.4) is 0 Å². The molecular formula is C40H43FN4O5S. The zero-order chi connectivity index (χ0) is 36.5. The van der Waals surface area contributed by atoms with Crippen LogP contribution in [0.25, 0.3) is 0 Å². The van der Waals surface area contributed by atoms with Crippen molar-refractivity contribution in [3.63, 3.8) is 0 Å². The first-order valence-electron chi connectivity index (χ1n) is 17.1. The molecule has 0 heterocycles. The molecule has 1 fully saturated rings. The summed E-state index contributed by atoms with van der Waals surface area (Å²) >= 11 is 0. The van der Waals surface area contributed by atoms with Crippen LogP contribution in [0.5, 0.6) is 0 Å². The summed E-state index contributed by atoms with van der Waals surface area (Å²) in [7, 11) is -4.40. The maximum atomic E-state index is 14.8. The van der Waals surface area contributed by atoms with E-state index in [0.29, 0.717) is 11.6 Å². The highest BCUT2D eigenvalue weighted by molar-refractivity contribution is 7.93. The molecule has 1 aliphatic rings. The third-order valence-electron chi connectivity index (χ3n) is 8.97. The van der Waals surface area contributed by atoms with Crippen LogP contribution < -0.4 is 14.9 Å². The highest BCUT2D eigenvalue weighted by Gasteiger charge is 2.27. The Labute approximate surface area is 299 Å². The number of carbonyl (C=O) groups is 2. The highest BCUT2D eigenvalue weighted by Crippen LogP contribution is 2.34. The van der Waals surface area contributed by atoms with Crippen LogP contribution >= 0.6 is 0 Å². The molecule has 4 aromatic rings. The van der Waals surface area contributed by atoms with E-state index >= 15 is 0 Å². The normalized spacial score (nSPS) is 13.3. The van der Waals surface area contributed by atoms with E-state index in [-0.39, 0.29) is 47.3 Å². The Morgan fingerprint density at radius 3 is 2.25 bits per heavy atom. The Morgan fingerprint density at radius 2 is 1.63 bits per heavy atom. The first-order valence-corrected chi connectivity index (χ1v) is 18.8. The van der Waals surface area contributed by atoms with Gasteiger partial charge in [0.15, 0.2) is 0 Å². The minimum absolute atomic E-state index is 0.0339. The summed E-state index contributed by atoms with van der Waals surface area (Å²) < 4.78 is 49.7. The van der Waals surface area contributed by atoms with E-state index < -0.39 is 33.5 Å². The Balaban J connectivity index is 1.39. The van der Waals surface area contributed by atoms with Crippen LogP contribution in [0, 0.1) is 24.1 Å². The second-order valence-corrected chi connectivity index (χ2v) is 14.9. The number of ether oxygens (including phenoxy) is 1. The number of nitrogens with one attached hydrogen (secondary N) is 2. The SMILES string of the molecule is Cc1c(F)cc(NS(=O)(=O)CC(=O)N(Cc2ccc(C3CCCCC3)cc2)c2ccc(C(=O)OCc3ccccc3)cc2)c(NC(C)C)c1C#N. The number of carbonyl (C=O) groups excluding carboxylic acids is 2. The average molecular weight is 711 g/mol. The number of rotatable bonds is 13. The topological polar surface area (TPSA) is 129 Å². The van der Waals surface area contributed by atoms with E-state index in [1.54, 1.807) is 26.0 Å². The third-order valence-corrected chi connectivity index (χ3v) is 10.1. The molecular weight excluding hydrogens is 668 g/mol. The zero-order valence-corrected chi connectivity index (χ0v) is 29.9. The predicted octanol–water partition coefficient (Wildman–Crippen LogP) is 8.21. The lowest BCUT2D eigenvalue weighted by atomic mass is 9.84. The van der Waals surface area contributed by atoms with E-state index in [4.69, 9.17) is 4.74 Å². The fraction of sp³-hybridized carbons (Fsp3) is 0.325. The fourth-order valence-corrected chi connectivity index (χ4v) is 7.32. The third kappa shape index (κ3) is 9.73. The number of halogens is 1. The van der Waals surface area contributed by atoms with Crippen molar-refractivity contribution in [1.82, 2.24) is 0 Å². The summed E-state index contributed by atoms with van der Waals surface area (Å²) in [5.74, 6) is -2.51. The van der Waals surface area contributed by atoms with Gasteiger partial charge < -0.3 is 15.0 Å². The number of esters is 1. The van der Waals surface area contributed by atoms with Gasteiger partial charge in [-0.25, -0.2) is 17.6 Å². The largest absolute Gasteiger partial charge is 0.457 e. The second kappa shape index (κ2) is 16.7. The zero-order valence-electron chi connectivity index (χ0n) is 29.1. The summed E-state index contributed by atoms with van der Waals surface area (Å²) in [6, 6.07) is 26.3. The Morgan fingerprint density at radius 1 is 0.961 bits per heavy atom. The Kier molecular flexibility index (Phi) is 12.1. The first-order chi connectivity index (χ1) is 24.4. The minimum atomic E-state index is -4.40. The van der Waals surface area contributed by atoms with Crippen molar-refractivity contribution in [2.24, 2.45) is 0 Å². The molecule has 0 radical (unpaired) electrons. The molecule has 5 rings (SSSR count). The molecule has 2 N–H and O–H groups in total. The number of anilines is 3. The molecule has 0 unspecified atom stereocenters. The molecule has 1 aliphatic carbocycles. The van der Waals surface area contributed by atoms with Crippen molar-refractivity contribution in [3.05, 3.63) is 124 Å². The summed E-state index contributed by atoms with van der Waals surface area (Å²) in [5, 5.41) is 12.8. The standard InChI is InChI=1S/C40H43FN4O5S/c1-27(2)43-39-35(23-42)28(3)36(41)22-37(39)44-51(48,49)26-38(46)45(24-29-14-16-32(17-15-29)31-12-8-5-9-13-31)34-20-18-33(19-21-34)40(47)50-25-30-10-6-4-7-11-30/h4,6-7,10-11,14-22,27,31,43-44H,5,8-9,12-13,24-26H2,1-3H3. The second-order valence-electron chi connectivity index (χ2n) is 13.2. The molecule has 0 atom stereocenters. The molecule has 0 aliphatic heterocycles. The van der Waals surface area contributed by atoms with Crippen molar-refractivity contribution in [1.29, 1.82) is 5.26 Å². The molecule has 1 saturated carbocycles. The Bertz CT molecular complexity index is 1990. The fourth-order valence-electron chi connectivity index (χ4n) is 6.27. The number of nitrogens with zero attached hydrogens (tertiary/aromatic N) is 2. The van der Waals surface area contributed by atoms with Gasteiger partial charge in [0.05, 0.1) is 29.0 Å². The van der Waals surface area contributed by atoms with Gasteiger partial charge in [-0.3, -0.25) is 9.52 Å². The first kappa shape index (κ1) is 37.1.